The molecule has 0 aliphatic carbocycles. The molecule has 1 unspecified atom stereocenters. The highest BCUT2D eigenvalue weighted by molar-refractivity contribution is 5.96. The van der Waals surface area contributed by atoms with E-state index in [1.54, 1.807) is 0 Å². The smallest absolute Gasteiger partial charge is 0.145 e. The Morgan fingerprint density at radius 3 is 2.65 bits per heavy atom. The van der Waals surface area contributed by atoms with Crippen LogP contribution < -0.4 is 5.73 Å². The number of nitrogens with zero attached hydrogens (tertiary/aromatic N) is 2. The first-order chi connectivity index (χ1) is 9.56. The number of nitrogens with one attached hydrogen (secondary N) is 1. The van der Waals surface area contributed by atoms with Gasteiger partial charge in [0, 0.05) is 27.9 Å². The number of hydrogen-bond acceptors (Lipinski definition) is 3. The normalized spacial score (nSPS) is 12.8. The molecule has 2 aromatic heterocycles. The predicted octanol–water partition coefficient (Wildman–Crippen LogP) is 3.26. The first-order valence-corrected chi connectivity index (χ1v) is 6.75. The number of para-hydroxylation sites is 1. The van der Waals surface area contributed by atoms with E-state index >= 15 is 0 Å². The van der Waals surface area contributed by atoms with Gasteiger partial charge in [-0.1, -0.05) is 18.2 Å². The molecule has 20 heavy (non-hydrogen) atoms. The molecule has 3 N–H and O–H groups in total. The predicted molar refractivity (Wildman–Crippen MR) is 81.4 cm³/mol. The van der Waals surface area contributed by atoms with Crippen LogP contribution in [0.4, 0.5) is 0 Å². The van der Waals surface area contributed by atoms with Crippen LogP contribution in [0, 0.1) is 13.8 Å². The molecule has 2 heterocycles. The summed E-state index contributed by atoms with van der Waals surface area (Å²) in [5, 5.41) is 1.18. The Morgan fingerprint density at radius 1 is 1.15 bits per heavy atom. The van der Waals surface area contributed by atoms with E-state index in [4.69, 9.17) is 5.73 Å². The number of benzene rings is 1. The maximum atomic E-state index is 5.92. The number of hydrogen-bond donors (Lipinski definition) is 2. The summed E-state index contributed by atoms with van der Waals surface area (Å²) in [6, 6.07) is 10.1. The summed E-state index contributed by atoms with van der Waals surface area (Å²) >= 11 is 0. The lowest BCUT2D eigenvalue weighted by Crippen LogP contribution is -2.11. The molecule has 4 heteroatoms. The van der Waals surface area contributed by atoms with Gasteiger partial charge in [0.05, 0.1) is 11.7 Å². The summed E-state index contributed by atoms with van der Waals surface area (Å²) in [4.78, 5) is 12.4. The van der Waals surface area contributed by atoms with Crippen molar-refractivity contribution in [2.45, 2.75) is 26.8 Å². The summed E-state index contributed by atoms with van der Waals surface area (Å²) in [7, 11) is 0. The molecule has 0 radical (unpaired) electrons. The van der Waals surface area contributed by atoms with Crippen LogP contribution in [0.3, 0.4) is 0 Å². The Labute approximate surface area is 118 Å². The molecule has 0 amide bonds. The van der Waals surface area contributed by atoms with Gasteiger partial charge in [0.2, 0.25) is 0 Å². The summed E-state index contributed by atoms with van der Waals surface area (Å²) in [5.41, 5.74) is 11.2. The fourth-order valence-electron chi connectivity index (χ4n) is 2.53. The molecule has 3 aromatic rings. The van der Waals surface area contributed by atoms with E-state index in [1.165, 1.54) is 5.39 Å². The third-order valence-corrected chi connectivity index (χ3v) is 3.43. The Morgan fingerprint density at radius 2 is 1.90 bits per heavy atom. The summed E-state index contributed by atoms with van der Waals surface area (Å²) in [6.07, 6.45) is 0. The minimum Gasteiger partial charge on any atom is -0.358 e. The van der Waals surface area contributed by atoms with E-state index < -0.39 is 0 Å². The van der Waals surface area contributed by atoms with E-state index in [1.807, 2.05) is 32.0 Å². The quantitative estimate of drug-likeness (QED) is 0.748. The van der Waals surface area contributed by atoms with Crippen molar-refractivity contribution < 1.29 is 0 Å². The van der Waals surface area contributed by atoms with Crippen molar-refractivity contribution in [3.8, 4) is 11.3 Å². The lowest BCUT2D eigenvalue weighted by atomic mass is 10.1. The van der Waals surface area contributed by atoms with Crippen LogP contribution in [0.1, 0.15) is 30.2 Å². The van der Waals surface area contributed by atoms with Gasteiger partial charge in [0.25, 0.3) is 0 Å². The number of aromatic amines is 1. The first kappa shape index (κ1) is 12.8. The first-order valence-electron chi connectivity index (χ1n) is 6.75. The Balaban J connectivity index is 2.28. The molecule has 0 spiro atoms. The minimum atomic E-state index is -0.167. The second-order valence-electron chi connectivity index (χ2n) is 5.21. The molecular formula is C16H18N4. The van der Waals surface area contributed by atoms with E-state index in [2.05, 4.69) is 34.0 Å². The van der Waals surface area contributed by atoms with E-state index in [0.717, 1.165) is 28.2 Å². The molecule has 102 valence electrons. The summed E-state index contributed by atoms with van der Waals surface area (Å²) in [5.74, 6) is 0.685. The zero-order chi connectivity index (χ0) is 14.3. The van der Waals surface area contributed by atoms with Gasteiger partial charge in [-0.25, -0.2) is 9.97 Å². The molecule has 0 bridgehead atoms. The standard InChI is InChI=1S/C16H18N4/c1-9-8-14(20-16(18-9)10(2)17)15-11(3)19-13-7-5-4-6-12(13)15/h4-8,10,19H,17H2,1-3H3. The SMILES string of the molecule is Cc1cc(-c2c(C)[nH]c3ccccc23)nc(C(C)N)n1. The number of nitrogens with two attached hydrogens (primary N) is 1. The van der Waals surface area contributed by atoms with Gasteiger partial charge >= 0.3 is 0 Å². The molecular weight excluding hydrogens is 248 g/mol. The molecule has 1 atom stereocenters. The highest BCUT2D eigenvalue weighted by Crippen LogP contribution is 2.31. The topological polar surface area (TPSA) is 67.6 Å². The molecule has 0 aliphatic heterocycles. The average Bonchev–Trinajstić information content (AvgIpc) is 2.73. The molecule has 0 saturated carbocycles. The fourth-order valence-corrected chi connectivity index (χ4v) is 2.53. The average molecular weight is 266 g/mol. The molecule has 0 fully saturated rings. The van der Waals surface area contributed by atoms with E-state index in [9.17, 15) is 0 Å². The van der Waals surface area contributed by atoms with Crippen LogP contribution in [0.2, 0.25) is 0 Å². The van der Waals surface area contributed by atoms with Crippen LogP contribution in [-0.4, -0.2) is 15.0 Å². The number of aromatic nitrogens is 3. The third-order valence-electron chi connectivity index (χ3n) is 3.43. The maximum absolute atomic E-state index is 5.92. The zero-order valence-corrected chi connectivity index (χ0v) is 11.9. The van der Waals surface area contributed by atoms with Gasteiger partial charge in [0.15, 0.2) is 0 Å². The van der Waals surface area contributed by atoms with Crippen LogP contribution >= 0.6 is 0 Å². The lowest BCUT2D eigenvalue weighted by molar-refractivity contribution is 0.735. The molecule has 4 nitrogen and oxygen atoms in total. The van der Waals surface area contributed by atoms with Gasteiger partial charge < -0.3 is 10.7 Å². The molecule has 0 saturated heterocycles. The molecule has 3 rings (SSSR count). The molecule has 0 aliphatic rings. The number of fused-ring (bicyclic) bond motifs is 1. The molecule has 1 aromatic carbocycles. The van der Waals surface area contributed by atoms with Gasteiger partial charge in [0.1, 0.15) is 5.82 Å². The highest BCUT2D eigenvalue weighted by atomic mass is 14.9. The number of rotatable bonds is 2. The summed E-state index contributed by atoms with van der Waals surface area (Å²) in [6.45, 7) is 5.94. The van der Waals surface area contributed by atoms with Crippen LogP contribution in [0.25, 0.3) is 22.2 Å². The largest absolute Gasteiger partial charge is 0.358 e. The van der Waals surface area contributed by atoms with Gasteiger partial charge in [-0.3, -0.25) is 0 Å². The van der Waals surface area contributed by atoms with Gasteiger partial charge in [-0.2, -0.15) is 0 Å². The summed E-state index contributed by atoms with van der Waals surface area (Å²) < 4.78 is 0. The van der Waals surface area contributed by atoms with Crippen molar-refractivity contribution in [1.29, 1.82) is 0 Å². The van der Waals surface area contributed by atoms with Gasteiger partial charge in [-0.05, 0) is 32.9 Å². The fraction of sp³-hybridized carbons (Fsp3) is 0.250. The zero-order valence-electron chi connectivity index (χ0n) is 11.9. The van der Waals surface area contributed by atoms with E-state index in [0.29, 0.717) is 5.82 Å². The van der Waals surface area contributed by atoms with Crippen LogP contribution in [-0.2, 0) is 0 Å². The Bertz CT molecular complexity index is 771. The van der Waals surface area contributed by atoms with Crippen molar-refractivity contribution in [2.75, 3.05) is 0 Å². The van der Waals surface area contributed by atoms with Crippen LogP contribution in [0.5, 0.6) is 0 Å². The van der Waals surface area contributed by atoms with Crippen molar-refractivity contribution in [3.05, 3.63) is 47.5 Å². The van der Waals surface area contributed by atoms with E-state index in [-0.39, 0.29) is 6.04 Å². The van der Waals surface area contributed by atoms with Gasteiger partial charge in [-0.15, -0.1) is 0 Å². The second kappa shape index (κ2) is 4.72. The third kappa shape index (κ3) is 2.08. The minimum absolute atomic E-state index is 0.167. The number of aryl methyl sites for hydroxylation is 2. The maximum Gasteiger partial charge on any atom is 0.145 e. The second-order valence-corrected chi connectivity index (χ2v) is 5.21. The van der Waals surface area contributed by atoms with Crippen molar-refractivity contribution in [3.63, 3.8) is 0 Å². The monoisotopic (exact) mass is 266 g/mol. The lowest BCUT2D eigenvalue weighted by Gasteiger charge is -2.08. The van der Waals surface area contributed by atoms with Crippen molar-refractivity contribution >= 4 is 10.9 Å². The number of H-pyrrole nitrogens is 1. The highest BCUT2D eigenvalue weighted by Gasteiger charge is 2.14. The van der Waals surface area contributed by atoms with Crippen molar-refractivity contribution in [1.82, 2.24) is 15.0 Å². The Kier molecular flexibility index (Phi) is 3.03. The van der Waals surface area contributed by atoms with Crippen LogP contribution in [0.15, 0.2) is 30.3 Å². The Hall–Kier alpha value is -2.20. The van der Waals surface area contributed by atoms with Crippen molar-refractivity contribution in [2.24, 2.45) is 5.73 Å².